The summed E-state index contributed by atoms with van der Waals surface area (Å²) in [7, 11) is 0. The van der Waals surface area contributed by atoms with Crippen molar-refractivity contribution in [2.45, 2.75) is 52.4 Å². The molecule has 4 nitrogen and oxygen atoms in total. The van der Waals surface area contributed by atoms with Gasteiger partial charge in [0.1, 0.15) is 12.4 Å². The Morgan fingerprint density at radius 2 is 1.74 bits per heavy atom. The molecule has 0 unspecified atom stereocenters. The SMILES string of the molecule is CCCCCCCN(CCOc1ccccc1)C(=O)NCCC. The van der Waals surface area contributed by atoms with Crippen LogP contribution in [0.2, 0.25) is 0 Å². The summed E-state index contributed by atoms with van der Waals surface area (Å²) in [6.45, 7) is 6.96. The standard InChI is InChI=1S/C19H32N2O2/c1-3-5-6-7-11-15-21(19(22)20-14-4-2)16-17-23-18-12-9-8-10-13-18/h8-10,12-13H,3-7,11,14-17H2,1-2H3,(H,20,22). The lowest BCUT2D eigenvalue weighted by atomic mass is 10.1. The molecule has 0 aliphatic heterocycles. The molecule has 0 aromatic heterocycles. The van der Waals surface area contributed by atoms with Crippen LogP contribution in [-0.2, 0) is 0 Å². The average molecular weight is 320 g/mol. The van der Waals surface area contributed by atoms with E-state index in [4.69, 9.17) is 4.74 Å². The third kappa shape index (κ3) is 9.11. The maximum atomic E-state index is 12.2. The largest absolute Gasteiger partial charge is 0.492 e. The Hall–Kier alpha value is -1.71. The van der Waals surface area contributed by atoms with Gasteiger partial charge in [0.15, 0.2) is 0 Å². The molecule has 0 aliphatic rings. The summed E-state index contributed by atoms with van der Waals surface area (Å²) in [5.74, 6) is 0.851. The van der Waals surface area contributed by atoms with Gasteiger partial charge in [-0.25, -0.2) is 4.79 Å². The molecule has 0 saturated carbocycles. The Morgan fingerprint density at radius 1 is 1.00 bits per heavy atom. The van der Waals surface area contributed by atoms with E-state index in [1.165, 1.54) is 25.7 Å². The lowest BCUT2D eigenvalue weighted by Crippen LogP contribution is -2.42. The van der Waals surface area contributed by atoms with Crippen LogP contribution < -0.4 is 10.1 Å². The number of carbonyl (C=O) groups is 1. The van der Waals surface area contributed by atoms with Crippen molar-refractivity contribution in [2.24, 2.45) is 0 Å². The first kappa shape index (κ1) is 19.3. The van der Waals surface area contributed by atoms with Gasteiger partial charge in [-0.2, -0.15) is 0 Å². The zero-order valence-corrected chi connectivity index (χ0v) is 14.7. The lowest BCUT2D eigenvalue weighted by Gasteiger charge is -2.23. The summed E-state index contributed by atoms with van der Waals surface area (Å²) >= 11 is 0. The normalized spacial score (nSPS) is 10.3. The van der Waals surface area contributed by atoms with E-state index in [1.54, 1.807) is 0 Å². The highest BCUT2D eigenvalue weighted by molar-refractivity contribution is 5.74. The van der Waals surface area contributed by atoms with E-state index < -0.39 is 0 Å². The Kier molecular flexibility index (Phi) is 10.8. The third-order valence-corrected chi connectivity index (χ3v) is 3.72. The zero-order valence-electron chi connectivity index (χ0n) is 14.7. The van der Waals surface area contributed by atoms with Crippen LogP contribution in [0, 0.1) is 0 Å². The molecule has 1 N–H and O–H groups in total. The van der Waals surface area contributed by atoms with Crippen molar-refractivity contribution >= 4 is 6.03 Å². The van der Waals surface area contributed by atoms with Gasteiger partial charge in [0, 0.05) is 13.1 Å². The minimum Gasteiger partial charge on any atom is -0.492 e. The van der Waals surface area contributed by atoms with Gasteiger partial charge in [0.2, 0.25) is 0 Å². The van der Waals surface area contributed by atoms with Gasteiger partial charge in [0.25, 0.3) is 0 Å². The number of urea groups is 1. The molecule has 0 aliphatic carbocycles. The Labute approximate surface area is 141 Å². The van der Waals surface area contributed by atoms with Crippen LogP contribution >= 0.6 is 0 Å². The molecule has 1 aromatic carbocycles. The average Bonchev–Trinajstić information content (AvgIpc) is 2.58. The number of benzene rings is 1. The van der Waals surface area contributed by atoms with E-state index >= 15 is 0 Å². The van der Waals surface area contributed by atoms with Crippen molar-refractivity contribution in [3.05, 3.63) is 30.3 Å². The molecule has 4 heteroatoms. The van der Waals surface area contributed by atoms with Crippen LogP contribution in [0.15, 0.2) is 30.3 Å². The number of ether oxygens (including phenoxy) is 1. The number of carbonyl (C=O) groups excluding carboxylic acids is 1. The number of nitrogens with one attached hydrogen (secondary N) is 1. The number of amides is 2. The fourth-order valence-electron chi connectivity index (χ4n) is 2.36. The van der Waals surface area contributed by atoms with Gasteiger partial charge >= 0.3 is 6.03 Å². The monoisotopic (exact) mass is 320 g/mol. The van der Waals surface area contributed by atoms with Gasteiger partial charge in [-0.15, -0.1) is 0 Å². The topological polar surface area (TPSA) is 41.6 Å². The molecule has 0 heterocycles. The van der Waals surface area contributed by atoms with E-state index in [0.717, 1.165) is 31.7 Å². The number of nitrogens with zero attached hydrogens (tertiary/aromatic N) is 1. The van der Waals surface area contributed by atoms with Crippen molar-refractivity contribution in [2.75, 3.05) is 26.2 Å². The van der Waals surface area contributed by atoms with Gasteiger partial charge in [0.05, 0.1) is 6.54 Å². The first-order chi connectivity index (χ1) is 11.3. The highest BCUT2D eigenvalue weighted by atomic mass is 16.5. The molecule has 2 amide bonds. The summed E-state index contributed by atoms with van der Waals surface area (Å²) in [6.07, 6.45) is 6.97. The number of unbranched alkanes of at least 4 members (excludes halogenated alkanes) is 4. The van der Waals surface area contributed by atoms with Crippen molar-refractivity contribution in [1.82, 2.24) is 10.2 Å². The molecular weight excluding hydrogens is 288 g/mol. The maximum Gasteiger partial charge on any atom is 0.317 e. The van der Waals surface area contributed by atoms with E-state index in [0.29, 0.717) is 13.2 Å². The number of hydrogen-bond donors (Lipinski definition) is 1. The molecule has 0 bridgehead atoms. The molecule has 0 atom stereocenters. The Bertz CT molecular complexity index is 409. The fourth-order valence-corrected chi connectivity index (χ4v) is 2.36. The minimum absolute atomic E-state index is 0.0269. The molecule has 0 spiro atoms. The quantitative estimate of drug-likeness (QED) is 0.578. The smallest absolute Gasteiger partial charge is 0.317 e. The summed E-state index contributed by atoms with van der Waals surface area (Å²) in [5.41, 5.74) is 0. The number of rotatable bonds is 12. The van der Waals surface area contributed by atoms with Crippen LogP contribution in [0.4, 0.5) is 4.79 Å². The van der Waals surface area contributed by atoms with Crippen LogP contribution in [0.5, 0.6) is 5.75 Å². The van der Waals surface area contributed by atoms with Gasteiger partial charge in [-0.05, 0) is 25.0 Å². The van der Waals surface area contributed by atoms with Gasteiger partial charge in [-0.3, -0.25) is 0 Å². The van der Waals surface area contributed by atoms with Crippen molar-refractivity contribution in [1.29, 1.82) is 0 Å². The third-order valence-electron chi connectivity index (χ3n) is 3.72. The summed E-state index contributed by atoms with van der Waals surface area (Å²) in [6, 6.07) is 9.77. The first-order valence-electron chi connectivity index (χ1n) is 8.98. The van der Waals surface area contributed by atoms with Crippen molar-refractivity contribution in [3.63, 3.8) is 0 Å². The molecule has 23 heavy (non-hydrogen) atoms. The molecule has 0 saturated heterocycles. The predicted octanol–water partition coefficient (Wildman–Crippen LogP) is 4.46. The van der Waals surface area contributed by atoms with Crippen molar-refractivity contribution in [3.8, 4) is 5.75 Å². The zero-order chi connectivity index (χ0) is 16.8. The molecule has 1 aromatic rings. The molecule has 0 radical (unpaired) electrons. The van der Waals surface area contributed by atoms with Crippen LogP contribution in [0.3, 0.4) is 0 Å². The van der Waals surface area contributed by atoms with E-state index in [9.17, 15) is 4.79 Å². The lowest BCUT2D eigenvalue weighted by molar-refractivity contribution is 0.181. The minimum atomic E-state index is 0.0269. The number of hydrogen-bond acceptors (Lipinski definition) is 2. The Balaban J connectivity index is 2.35. The predicted molar refractivity (Wildman–Crippen MR) is 96.0 cm³/mol. The second kappa shape index (κ2) is 12.8. The summed E-state index contributed by atoms with van der Waals surface area (Å²) < 4.78 is 5.71. The first-order valence-corrected chi connectivity index (χ1v) is 8.98. The maximum absolute atomic E-state index is 12.2. The van der Waals surface area contributed by atoms with E-state index in [2.05, 4.69) is 19.2 Å². The highest BCUT2D eigenvalue weighted by Crippen LogP contribution is 2.09. The summed E-state index contributed by atoms with van der Waals surface area (Å²) in [5, 5.41) is 2.96. The fraction of sp³-hybridized carbons (Fsp3) is 0.632. The van der Waals surface area contributed by atoms with Crippen LogP contribution in [0.25, 0.3) is 0 Å². The molecular formula is C19H32N2O2. The molecule has 130 valence electrons. The second-order valence-corrected chi connectivity index (χ2v) is 5.79. The highest BCUT2D eigenvalue weighted by Gasteiger charge is 2.12. The van der Waals surface area contributed by atoms with Gasteiger partial charge < -0.3 is 15.0 Å². The van der Waals surface area contributed by atoms with Crippen molar-refractivity contribution < 1.29 is 9.53 Å². The molecule has 0 fully saturated rings. The molecule has 1 rings (SSSR count). The van der Waals surface area contributed by atoms with E-state index in [-0.39, 0.29) is 6.03 Å². The van der Waals surface area contributed by atoms with Crippen LogP contribution in [0.1, 0.15) is 52.4 Å². The Morgan fingerprint density at radius 3 is 2.43 bits per heavy atom. The summed E-state index contributed by atoms with van der Waals surface area (Å²) in [4.78, 5) is 14.1. The number of para-hydroxylation sites is 1. The van der Waals surface area contributed by atoms with E-state index in [1.807, 2.05) is 35.2 Å². The van der Waals surface area contributed by atoms with Crippen LogP contribution in [-0.4, -0.2) is 37.2 Å². The van der Waals surface area contributed by atoms with Gasteiger partial charge in [-0.1, -0.05) is 57.7 Å². The second-order valence-electron chi connectivity index (χ2n) is 5.79.